The van der Waals surface area contributed by atoms with Crippen LogP contribution in [-0.2, 0) is 11.3 Å². The van der Waals surface area contributed by atoms with Crippen LogP contribution >= 0.6 is 0 Å². The molecule has 2 aliphatic rings. The summed E-state index contributed by atoms with van der Waals surface area (Å²) in [7, 11) is 1.64. The first kappa shape index (κ1) is 17.9. The first-order chi connectivity index (χ1) is 13.3. The van der Waals surface area contributed by atoms with E-state index in [0.717, 1.165) is 70.8 Å². The van der Waals surface area contributed by atoms with Gasteiger partial charge in [-0.25, -0.2) is 9.97 Å². The van der Waals surface area contributed by atoms with Gasteiger partial charge in [0.2, 0.25) is 11.8 Å². The van der Waals surface area contributed by atoms with Crippen molar-refractivity contribution in [3.05, 3.63) is 36.2 Å². The average molecular weight is 370 g/mol. The summed E-state index contributed by atoms with van der Waals surface area (Å²) in [5.74, 6) is 2.47. The number of hydrogen-bond donors (Lipinski definition) is 0. The van der Waals surface area contributed by atoms with Crippen LogP contribution in [-0.4, -0.2) is 79.4 Å². The predicted molar refractivity (Wildman–Crippen MR) is 103 cm³/mol. The molecule has 8 nitrogen and oxygen atoms in total. The molecule has 2 fully saturated rings. The maximum absolute atomic E-state index is 5.43. The third kappa shape index (κ3) is 4.45. The van der Waals surface area contributed by atoms with E-state index in [-0.39, 0.29) is 0 Å². The highest BCUT2D eigenvalue weighted by Crippen LogP contribution is 2.18. The molecule has 27 heavy (non-hydrogen) atoms. The van der Waals surface area contributed by atoms with E-state index >= 15 is 0 Å². The number of nitrogens with zero attached hydrogens (tertiary/aromatic N) is 6. The summed E-state index contributed by atoms with van der Waals surface area (Å²) >= 11 is 0. The Morgan fingerprint density at radius 1 is 0.963 bits per heavy atom. The van der Waals surface area contributed by atoms with Crippen LogP contribution in [0.25, 0.3) is 0 Å². The van der Waals surface area contributed by atoms with Crippen LogP contribution in [0.3, 0.4) is 0 Å². The van der Waals surface area contributed by atoms with E-state index in [0.29, 0.717) is 5.88 Å². The minimum absolute atomic E-state index is 0.654. The van der Waals surface area contributed by atoms with Gasteiger partial charge in [0.15, 0.2) is 0 Å². The molecular weight excluding hydrogens is 344 g/mol. The summed E-state index contributed by atoms with van der Waals surface area (Å²) in [5.41, 5.74) is 1.20. The molecule has 0 unspecified atom stereocenters. The Hall–Kier alpha value is -2.45. The number of anilines is 2. The van der Waals surface area contributed by atoms with E-state index in [1.165, 1.54) is 5.56 Å². The summed E-state index contributed by atoms with van der Waals surface area (Å²) in [4.78, 5) is 20.6. The lowest BCUT2D eigenvalue weighted by Crippen LogP contribution is -2.46. The highest BCUT2D eigenvalue weighted by atomic mass is 16.5. The Morgan fingerprint density at radius 3 is 2.48 bits per heavy atom. The van der Waals surface area contributed by atoms with Crippen LogP contribution in [0, 0.1) is 0 Å². The highest BCUT2D eigenvalue weighted by molar-refractivity contribution is 5.44. The SMILES string of the molecule is COc1ccc(CN2CCN(c3nccc(N4CCOCC4)n3)CC2)cn1. The lowest BCUT2D eigenvalue weighted by atomic mass is 10.2. The molecule has 0 bridgehead atoms. The Balaban J connectivity index is 1.33. The summed E-state index contributed by atoms with van der Waals surface area (Å²) in [6.07, 6.45) is 3.75. The van der Waals surface area contributed by atoms with E-state index in [9.17, 15) is 0 Å². The summed E-state index contributed by atoms with van der Waals surface area (Å²) in [5, 5.41) is 0. The van der Waals surface area contributed by atoms with Crippen LogP contribution < -0.4 is 14.5 Å². The third-order valence-corrected chi connectivity index (χ3v) is 5.03. The van der Waals surface area contributed by atoms with Crippen molar-refractivity contribution in [3.8, 4) is 5.88 Å². The molecular formula is C19H26N6O2. The van der Waals surface area contributed by atoms with E-state index in [2.05, 4.69) is 30.7 Å². The van der Waals surface area contributed by atoms with Crippen LogP contribution in [0.4, 0.5) is 11.8 Å². The monoisotopic (exact) mass is 370 g/mol. The van der Waals surface area contributed by atoms with Crippen LogP contribution in [0.5, 0.6) is 5.88 Å². The van der Waals surface area contributed by atoms with Crippen LogP contribution in [0.1, 0.15) is 5.56 Å². The first-order valence-electron chi connectivity index (χ1n) is 9.44. The fraction of sp³-hybridized carbons (Fsp3) is 0.526. The van der Waals surface area contributed by atoms with Gasteiger partial charge in [-0.15, -0.1) is 0 Å². The molecule has 0 aromatic carbocycles. The van der Waals surface area contributed by atoms with Crippen molar-refractivity contribution in [1.82, 2.24) is 19.9 Å². The normalized spacial score (nSPS) is 18.6. The third-order valence-electron chi connectivity index (χ3n) is 5.03. The van der Waals surface area contributed by atoms with Gasteiger partial charge in [0.25, 0.3) is 0 Å². The molecule has 0 saturated carbocycles. The Bertz CT molecular complexity index is 727. The second-order valence-corrected chi connectivity index (χ2v) is 6.79. The van der Waals surface area contributed by atoms with Gasteiger partial charge >= 0.3 is 0 Å². The molecule has 144 valence electrons. The largest absolute Gasteiger partial charge is 0.481 e. The van der Waals surface area contributed by atoms with E-state index in [1.807, 2.05) is 24.5 Å². The summed E-state index contributed by atoms with van der Waals surface area (Å²) in [6, 6.07) is 5.98. The second kappa shape index (κ2) is 8.49. The Kier molecular flexibility index (Phi) is 5.64. The Labute approximate surface area is 159 Å². The van der Waals surface area contributed by atoms with Gasteiger partial charge in [-0.2, -0.15) is 4.98 Å². The molecule has 4 rings (SSSR count). The van der Waals surface area contributed by atoms with Gasteiger partial charge in [0.05, 0.1) is 20.3 Å². The summed E-state index contributed by atoms with van der Waals surface area (Å²) in [6.45, 7) is 8.02. The predicted octanol–water partition coefficient (Wildman–Crippen LogP) is 1.04. The van der Waals surface area contributed by atoms with Crippen molar-refractivity contribution in [1.29, 1.82) is 0 Å². The van der Waals surface area contributed by atoms with Crippen molar-refractivity contribution in [2.45, 2.75) is 6.54 Å². The molecule has 2 aliphatic heterocycles. The van der Waals surface area contributed by atoms with Crippen molar-refractivity contribution < 1.29 is 9.47 Å². The van der Waals surface area contributed by atoms with Gasteiger partial charge in [0, 0.05) is 64.3 Å². The molecule has 2 aromatic rings. The zero-order valence-electron chi connectivity index (χ0n) is 15.8. The number of piperazine rings is 1. The minimum Gasteiger partial charge on any atom is -0.481 e. The van der Waals surface area contributed by atoms with Gasteiger partial charge in [0.1, 0.15) is 5.82 Å². The fourth-order valence-electron chi connectivity index (χ4n) is 3.45. The summed E-state index contributed by atoms with van der Waals surface area (Å²) < 4.78 is 10.5. The smallest absolute Gasteiger partial charge is 0.227 e. The molecule has 4 heterocycles. The number of methoxy groups -OCH3 is 1. The van der Waals surface area contributed by atoms with E-state index < -0.39 is 0 Å². The minimum atomic E-state index is 0.654. The molecule has 0 aliphatic carbocycles. The maximum Gasteiger partial charge on any atom is 0.227 e. The Morgan fingerprint density at radius 2 is 1.78 bits per heavy atom. The average Bonchev–Trinajstić information content (AvgIpc) is 2.75. The number of pyridine rings is 1. The molecule has 0 atom stereocenters. The zero-order valence-corrected chi connectivity index (χ0v) is 15.8. The molecule has 8 heteroatoms. The molecule has 0 radical (unpaired) electrons. The number of ether oxygens (including phenoxy) is 2. The van der Waals surface area contributed by atoms with Gasteiger partial charge < -0.3 is 19.3 Å². The van der Waals surface area contributed by atoms with Crippen molar-refractivity contribution in [3.63, 3.8) is 0 Å². The fourth-order valence-corrected chi connectivity index (χ4v) is 3.45. The van der Waals surface area contributed by atoms with Gasteiger partial charge in [-0.05, 0) is 11.6 Å². The molecule has 2 aromatic heterocycles. The highest BCUT2D eigenvalue weighted by Gasteiger charge is 2.20. The quantitative estimate of drug-likeness (QED) is 0.773. The van der Waals surface area contributed by atoms with E-state index in [4.69, 9.17) is 14.5 Å². The molecule has 2 saturated heterocycles. The first-order valence-corrected chi connectivity index (χ1v) is 9.44. The van der Waals surface area contributed by atoms with Gasteiger partial charge in [-0.3, -0.25) is 4.90 Å². The number of rotatable bonds is 5. The van der Waals surface area contributed by atoms with E-state index in [1.54, 1.807) is 7.11 Å². The van der Waals surface area contributed by atoms with Crippen LogP contribution in [0.15, 0.2) is 30.6 Å². The number of hydrogen-bond acceptors (Lipinski definition) is 8. The molecule has 0 amide bonds. The lowest BCUT2D eigenvalue weighted by molar-refractivity contribution is 0.122. The standard InChI is InChI=1S/C19H26N6O2/c1-26-18-3-2-16(14-21-18)15-23-6-8-25(9-7-23)19-20-5-4-17(22-19)24-10-12-27-13-11-24/h2-5,14H,6-13,15H2,1H3. The van der Waals surface area contributed by atoms with Gasteiger partial charge in [-0.1, -0.05) is 6.07 Å². The van der Waals surface area contributed by atoms with Crippen LogP contribution in [0.2, 0.25) is 0 Å². The van der Waals surface area contributed by atoms with Crippen molar-refractivity contribution in [2.24, 2.45) is 0 Å². The topological polar surface area (TPSA) is 66.9 Å². The van der Waals surface area contributed by atoms with Crippen molar-refractivity contribution >= 4 is 11.8 Å². The van der Waals surface area contributed by atoms with Crippen molar-refractivity contribution in [2.75, 3.05) is 69.4 Å². The molecule has 0 N–H and O–H groups in total. The maximum atomic E-state index is 5.43. The zero-order chi connectivity index (χ0) is 18.5. The number of aromatic nitrogens is 3. The molecule has 0 spiro atoms. The lowest BCUT2D eigenvalue weighted by Gasteiger charge is -2.35. The second-order valence-electron chi connectivity index (χ2n) is 6.79. The number of morpholine rings is 1.